The van der Waals surface area contributed by atoms with Crippen LogP contribution in [0.25, 0.3) is 0 Å². The van der Waals surface area contributed by atoms with Crippen LogP contribution in [0.5, 0.6) is 0 Å². The lowest BCUT2D eigenvalue weighted by atomic mass is 9.86. The van der Waals surface area contributed by atoms with E-state index in [1.807, 2.05) is 0 Å². The Bertz CT molecular complexity index is 386. The van der Waals surface area contributed by atoms with Gasteiger partial charge in [-0.2, -0.15) is 0 Å². The fourth-order valence-electron chi connectivity index (χ4n) is 3.14. The molecular formula is C16H26N2. The van der Waals surface area contributed by atoms with Crippen LogP contribution in [-0.4, -0.2) is 13.1 Å². The lowest BCUT2D eigenvalue weighted by Crippen LogP contribution is -2.36. The first-order chi connectivity index (χ1) is 8.59. The maximum absolute atomic E-state index is 6.08. The van der Waals surface area contributed by atoms with E-state index in [2.05, 4.69) is 50.1 Å². The molecule has 1 saturated carbocycles. The molecule has 1 aliphatic rings. The maximum atomic E-state index is 6.08. The Kier molecular flexibility index (Phi) is 4.28. The molecule has 100 valence electrons. The molecule has 3 atom stereocenters. The second-order valence-electron chi connectivity index (χ2n) is 5.88. The van der Waals surface area contributed by atoms with Crippen LogP contribution in [0.4, 0.5) is 5.69 Å². The van der Waals surface area contributed by atoms with Crippen LogP contribution in [0.15, 0.2) is 24.3 Å². The summed E-state index contributed by atoms with van der Waals surface area (Å²) in [6, 6.07) is 9.34. The molecule has 0 spiro atoms. The average molecular weight is 246 g/mol. The van der Waals surface area contributed by atoms with Crippen LogP contribution in [0.1, 0.15) is 51.1 Å². The summed E-state index contributed by atoms with van der Waals surface area (Å²) in [5.74, 6) is 0.855. The molecule has 0 bridgehead atoms. The summed E-state index contributed by atoms with van der Waals surface area (Å²) in [7, 11) is 2.23. The van der Waals surface area contributed by atoms with Crippen molar-refractivity contribution in [2.45, 2.75) is 51.6 Å². The van der Waals surface area contributed by atoms with Gasteiger partial charge in [-0.3, -0.25) is 0 Å². The Morgan fingerprint density at radius 2 is 2.00 bits per heavy atom. The normalized spacial score (nSPS) is 25.8. The molecule has 3 unspecified atom stereocenters. The predicted octanol–water partition coefficient (Wildman–Crippen LogP) is 3.72. The van der Waals surface area contributed by atoms with Gasteiger partial charge in [-0.05, 0) is 37.3 Å². The van der Waals surface area contributed by atoms with E-state index >= 15 is 0 Å². The number of hydrogen-bond acceptors (Lipinski definition) is 2. The molecule has 2 rings (SSSR count). The van der Waals surface area contributed by atoms with Crippen LogP contribution >= 0.6 is 0 Å². The quantitative estimate of drug-likeness (QED) is 0.880. The first-order valence-electron chi connectivity index (χ1n) is 7.17. The number of nitrogens with zero attached hydrogens (tertiary/aromatic N) is 1. The van der Waals surface area contributed by atoms with Crippen LogP contribution in [0, 0.1) is 5.92 Å². The Morgan fingerprint density at radius 1 is 1.28 bits per heavy atom. The number of para-hydroxylation sites is 1. The minimum absolute atomic E-state index is 0.102. The zero-order valence-electron chi connectivity index (χ0n) is 11.9. The summed E-state index contributed by atoms with van der Waals surface area (Å²) in [5.41, 5.74) is 8.66. The van der Waals surface area contributed by atoms with Crippen molar-refractivity contribution < 1.29 is 0 Å². The van der Waals surface area contributed by atoms with Crippen molar-refractivity contribution in [2.24, 2.45) is 11.7 Å². The Balaban J connectivity index is 2.19. The summed E-state index contributed by atoms with van der Waals surface area (Å²) in [5, 5.41) is 0. The van der Waals surface area contributed by atoms with Gasteiger partial charge in [0, 0.05) is 24.8 Å². The van der Waals surface area contributed by atoms with Crippen LogP contribution < -0.4 is 10.6 Å². The highest BCUT2D eigenvalue weighted by Gasteiger charge is 2.24. The van der Waals surface area contributed by atoms with E-state index in [-0.39, 0.29) is 6.04 Å². The molecule has 1 fully saturated rings. The van der Waals surface area contributed by atoms with Crippen molar-refractivity contribution in [1.82, 2.24) is 0 Å². The molecule has 18 heavy (non-hydrogen) atoms. The van der Waals surface area contributed by atoms with Crippen molar-refractivity contribution in [1.29, 1.82) is 0 Å². The molecule has 0 saturated heterocycles. The molecule has 0 aliphatic heterocycles. The molecule has 0 aromatic heterocycles. The van der Waals surface area contributed by atoms with E-state index in [0.717, 1.165) is 5.92 Å². The van der Waals surface area contributed by atoms with Gasteiger partial charge in [0.1, 0.15) is 0 Å². The van der Waals surface area contributed by atoms with E-state index in [0.29, 0.717) is 6.04 Å². The summed E-state index contributed by atoms with van der Waals surface area (Å²) in [4.78, 5) is 2.45. The Hall–Kier alpha value is -1.02. The Labute approximate surface area is 111 Å². The first kappa shape index (κ1) is 13.4. The summed E-state index contributed by atoms with van der Waals surface area (Å²) in [6.07, 6.45) is 5.37. The summed E-state index contributed by atoms with van der Waals surface area (Å²) >= 11 is 0. The van der Waals surface area contributed by atoms with Gasteiger partial charge in [0.15, 0.2) is 0 Å². The molecule has 2 N–H and O–H groups in total. The largest absolute Gasteiger partial charge is 0.371 e. The van der Waals surface area contributed by atoms with Crippen molar-refractivity contribution in [2.75, 3.05) is 11.9 Å². The molecule has 1 aliphatic carbocycles. The zero-order chi connectivity index (χ0) is 13.1. The van der Waals surface area contributed by atoms with Gasteiger partial charge in [-0.15, -0.1) is 0 Å². The fourth-order valence-corrected chi connectivity index (χ4v) is 3.14. The van der Waals surface area contributed by atoms with E-state index in [1.54, 1.807) is 0 Å². The van der Waals surface area contributed by atoms with Gasteiger partial charge >= 0.3 is 0 Å². The van der Waals surface area contributed by atoms with E-state index < -0.39 is 0 Å². The predicted molar refractivity (Wildman–Crippen MR) is 78.9 cm³/mol. The van der Waals surface area contributed by atoms with Crippen LogP contribution in [0.2, 0.25) is 0 Å². The third-order valence-corrected chi connectivity index (χ3v) is 4.26. The molecule has 2 heteroatoms. The van der Waals surface area contributed by atoms with Gasteiger partial charge in [-0.1, -0.05) is 38.0 Å². The molecule has 0 heterocycles. The molecular weight excluding hydrogens is 220 g/mol. The lowest BCUT2D eigenvalue weighted by Gasteiger charge is -2.37. The first-order valence-corrected chi connectivity index (χ1v) is 7.17. The minimum Gasteiger partial charge on any atom is -0.371 e. The fraction of sp³-hybridized carbons (Fsp3) is 0.625. The third kappa shape index (κ3) is 2.86. The SMILES string of the molecule is CC1CCCC(N(C)c2ccccc2C(C)N)C1. The molecule has 1 aromatic rings. The number of benzene rings is 1. The van der Waals surface area contributed by atoms with Crippen LogP contribution in [-0.2, 0) is 0 Å². The zero-order valence-corrected chi connectivity index (χ0v) is 11.9. The highest BCUT2D eigenvalue weighted by molar-refractivity contribution is 5.55. The summed E-state index contributed by atoms with van der Waals surface area (Å²) in [6.45, 7) is 4.44. The lowest BCUT2D eigenvalue weighted by molar-refractivity contribution is 0.336. The number of anilines is 1. The van der Waals surface area contributed by atoms with Gasteiger partial charge in [0.25, 0.3) is 0 Å². The monoisotopic (exact) mass is 246 g/mol. The third-order valence-electron chi connectivity index (χ3n) is 4.26. The molecule has 2 nitrogen and oxygen atoms in total. The Morgan fingerprint density at radius 3 is 2.67 bits per heavy atom. The second-order valence-corrected chi connectivity index (χ2v) is 5.88. The molecule has 0 amide bonds. The number of hydrogen-bond donors (Lipinski definition) is 1. The summed E-state index contributed by atoms with van der Waals surface area (Å²) < 4.78 is 0. The van der Waals surface area contributed by atoms with E-state index in [9.17, 15) is 0 Å². The van der Waals surface area contributed by atoms with Gasteiger partial charge < -0.3 is 10.6 Å². The van der Waals surface area contributed by atoms with Crippen molar-refractivity contribution >= 4 is 5.69 Å². The second kappa shape index (κ2) is 5.75. The van der Waals surface area contributed by atoms with Crippen molar-refractivity contribution in [3.8, 4) is 0 Å². The molecule has 0 radical (unpaired) electrons. The average Bonchev–Trinajstić information content (AvgIpc) is 2.38. The van der Waals surface area contributed by atoms with Gasteiger partial charge in [0.2, 0.25) is 0 Å². The highest BCUT2D eigenvalue weighted by Crippen LogP contribution is 2.32. The van der Waals surface area contributed by atoms with E-state index in [4.69, 9.17) is 5.73 Å². The topological polar surface area (TPSA) is 29.3 Å². The van der Waals surface area contributed by atoms with Gasteiger partial charge in [0.05, 0.1) is 0 Å². The van der Waals surface area contributed by atoms with Gasteiger partial charge in [-0.25, -0.2) is 0 Å². The van der Waals surface area contributed by atoms with Crippen molar-refractivity contribution in [3.63, 3.8) is 0 Å². The molecule has 1 aromatic carbocycles. The van der Waals surface area contributed by atoms with E-state index in [1.165, 1.54) is 36.9 Å². The minimum atomic E-state index is 0.102. The standard InChI is InChI=1S/C16H26N2/c1-12-7-6-8-14(11-12)18(3)16-10-5-4-9-15(16)13(2)17/h4-5,9-10,12-14H,6-8,11,17H2,1-3H3. The smallest absolute Gasteiger partial charge is 0.0414 e. The van der Waals surface area contributed by atoms with Crippen molar-refractivity contribution in [3.05, 3.63) is 29.8 Å². The van der Waals surface area contributed by atoms with Crippen LogP contribution in [0.3, 0.4) is 0 Å². The number of rotatable bonds is 3. The number of nitrogens with two attached hydrogens (primary N) is 1. The highest BCUT2D eigenvalue weighted by atomic mass is 15.1. The maximum Gasteiger partial charge on any atom is 0.0414 e.